The molecule has 3 heterocycles. The molecule has 11 atom stereocenters. The summed E-state index contributed by atoms with van der Waals surface area (Å²) in [5.41, 5.74) is 12.5. The largest absolute Gasteiger partial charge is 0.454 e. The second kappa shape index (κ2) is 21.5. The van der Waals surface area contributed by atoms with Crippen molar-refractivity contribution in [3.63, 3.8) is 0 Å². The summed E-state index contributed by atoms with van der Waals surface area (Å²) in [6, 6.07) is 38.9. The van der Waals surface area contributed by atoms with E-state index < -0.39 is 73.7 Å². The Hall–Kier alpha value is -4.70. The lowest BCUT2D eigenvalue weighted by molar-refractivity contribution is -0.398. The molecule has 312 valence electrons. The summed E-state index contributed by atoms with van der Waals surface area (Å²) in [7, 11) is 0. The topological polar surface area (TPSA) is 158 Å². The van der Waals surface area contributed by atoms with Gasteiger partial charge in [-0.3, -0.25) is 4.79 Å². The van der Waals surface area contributed by atoms with E-state index in [4.69, 9.17) is 52.9 Å². The van der Waals surface area contributed by atoms with E-state index in [0.29, 0.717) is 6.42 Å². The summed E-state index contributed by atoms with van der Waals surface area (Å²) in [6.07, 6.45) is -8.80. The number of fused-ring (bicyclic) bond motifs is 1. The van der Waals surface area contributed by atoms with Crippen molar-refractivity contribution in [2.24, 2.45) is 5.11 Å². The number of carbonyl (C=O) groups excluding carboxylic acids is 1. The zero-order valence-corrected chi connectivity index (χ0v) is 33.2. The third kappa shape index (κ3) is 11.5. The van der Waals surface area contributed by atoms with Crippen LogP contribution in [0.25, 0.3) is 10.4 Å². The molecular weight excluding hydrogens is 759 g/mol. The lowest BCUT2D eigenvalue weighted by Crippen LogP contribution is -2.67. The van der Waals surface area contributed by atoms with Gasteiger partial charge in [-0.05, 0) is 35.6 Å². The first-order valence-corrected chi connectivity index (χ1v) is 20.0. The second-order valence-electron chi connectivity index (χ2n) is 14.6. The number of nitrogens with zero attached hydrogens (tertiary/aromatic N) is 3. The number of hydrogen-bond acceptors (Lipinski definition) is 12. The molecule has 0 amide bonds. The molecule has 7 rings (SSSR count). The fraction of sp³-hybridized carbons (Fsp3) is 0.444. The zero-order valence-electron chi connectivity index (χ0n) is 33.2. The molecule has 0 saturated carbocycles. The van der Waals surface area contributed by atoms with E-state index in [1.54, 1.807) is 0 Å². The first-order valence-electron chi connectivity index (χ1n) is 20.0. The van der Waals surface area contributed by atoms with Gasteiger partial charge in [0.15, 0.2) is 25.0 Å². The van der Waals surface area contributed by atoms with Gasteiger partial charge in [-0.1, -0.05) is 126 Å². The van der Waals surface area contributed by atoms with Gasteiger partial charge in [0.25, 0.3) is 0 Å². The maximum absolute atomic E-state index is 12.9. The number of esters is 1. The normalized spacial score (nSPS) is 29.2. The molecule has 0 aliphatic carbocycles. The zero-order chi connectivity index (χ0) is 40.8. The van der Waals surface area contributed by atoms with E-state index in [1.807, 2.05) is 128 Å². The summed E-state index contributed by atoms with van der Waals surface area (Å²) in [4.78, 5) is 15.8. The average Bonchev–Trinajstić information content (AvgIpc) is 3.27. The fourth-order valence-electron chi connectivity index (χ4n) is 7.45. The SMILES string of the molecule is CC(=O)O[C@H]1[C@H](O[C@H]2[C@H](OCCCN=[N+]=[N-])O[C@@H]3COC(c4ccccc4)O[C@@H]3[C@@H]2OCc2ccccc2)O[C@@H](C)[C@H](OCc2ccccc2)[C@H]1OCc1ccccc1. The van der Waals surface area contributed by atoms with Gasteiger partial charge < -0.3 is 47.4 Å². The molecule has 14 nitrogen and oxygen atoms in total. The highest BCUT2D eigenvalue weighted by Crippen LogP contribution is 2.39. The third-order valence-electron chi connectivity index (χ3n) is 10.3. The van der Waals surface area contributed by atoms with Crippen molar-refractivity contribution < 1.29 is 52.2 Å². The Morgan fingerprint density at radius 3 is 1.81 bits per heavy atom. The van der Waals surface area contributed by atoms with Crippen LogP contribution in [0.2, 0.25) is 0 Å². The number of ether oxygens (including phenoxy) is 10. The first-order chi connectivity index (χ1) is 29.0. The highest BCUT2D eigenvalue weighted by Gasteiger charge is 2.56. The van der Waals surface area contributed by atoms with Crippen LogP contribution >= 0.6 is 0 Å². The van der Waals surface area contributed by atoms with Gasteiger partial charge in [0.2, 0.25) is 0 Å². The average molecular weight is 810 g/mol. The Morgan fingerprint density at radius 2 is 1.24 bits per heavy atom. The third-order valence-corrected chi connectivity index (χ3v) is 10.3. The minimum Gasteiger partial charge on any atom is -0.454 e. The highest BCUT2D eigenvalue weighted by atomic mass is 16.8. The molecule has 0 spiro atoms. The maximum atomic E-state index is 12.9. The molecule has 0 N–H and O–H groups in total. The maximum Gasteiger partial charge on any atom is 0.303 e. The van der Waals surface area contributed by atoms with Gasteiger partial charge in [-0.25, -0.2) is 0 Å². The van der Waals surface area contributed by atoms with Crippen molar-refractivity contribution >= 4 is 5.97 Å². The molecule has 59 heavy (non-hydrogen) atoms. The van der Waals surface area contributed by atoms with Crippen molar-refractivity contribution in [1.82, 2.24) is 0 Å². The number of benzene rings is 4. The van der Waals surface area contributed by atoms with Crippen LogP contribution in [0.1, 0.15) is 48.8 Å². The van der Waals surface area contributed by atoms with Gasteiger partial charge >= 0.3 is 5.97 Å². The standard InChI is InChI=1S/C45H51N3O11/c1-30-37(51-26-32-16-7-3-8-17-32)39(52-27-33-18-9-4-10-19-33)42(56-31(2)49)45(55-30)59-41-40(53-28-34-20-11-5-12-21-34)38-36(57-44(41)50-25-15-24-47-48-46)29-54-43(58-38)35-22-13-6-14-23-35/h3-14,16-23,30,36-45H,15,24-29H2,1-2H3/t30-,36+,37-,38-,39+,40-,41+,42+,43?,44+,45-/m0/s1. The van der Waals surface area contributed by atoms with Crippen molar-refractivity contribution in [3.8, 4) is 0 Å². The fourth-order valence-corrected chi connectivity index (χ4v) is 7.45. The number of azide groups is 1. The number of rotatable bonds is 18. The Labute approximate surface area is 344 Å². The van der Waals surface area contributed by atoms with E-state index in [0.717, 1.165) is 22.3 Å². The molecule has 1 unspecified atom stereocenters. The van der Waals surface area contributed by atoms with Crippen LogP contribution in [0.3, 0.4) is 0 Å². The smallest absolute Gasteiger partial charge is 0.303 e. The van der Waals surface area contributed by atoms with Crippen LogP contribution in [0.5, 0.6) is 0 Å². The van der Waals surface area contributed by atoms with E-state index in [2.05, 4.69) is 10.0 Å². The quantitative estimate of drug-likeness (QED) is 0.0325. The van der Waals surface area contributed by atoms with Crippen LogP contribution in [0.4, 0.5) is 0 Å². The molecule has 3 saturated heterocycles. The van der Waals surface area contributed by atoms with Gasteiger partial charge in [-0.2, -0.15) is 0 Å². The summed E-state index contributed by atoms with van der Waals surface area (Å²) in [6.45, 7) is 4.48. The Morgan fingerprint density at radius 1 is 0.678 bits per heavy atom. The monoisotopic (exact) mass is 809 g/mol. The van der Waals surface area contributed by atoms with Crippen LogP contribution in [-0.2, 0) is 72.0 Å². The van der Waals surface area contributed by atoms with E-state index >= 15 is 0 Å². The van der Waals surface area contributed by atoms with E-state index in [9.17, 15) is 4.79 Å². The molecule has 3 aliphatic heterocycles. The molecule has 0 aromatic heterocycles. The molecule has 14 heteroatoms. The Bertz CT molecular complexity index is 1910. The Balaban J connectivity index is 1.22. The van der Waals surface area contributed by atoms with Gasteiger partial charge in [-0.15, -0.1) is 0 Å². The van der Waals surface area contributed by atoms with Crippen molar-refractivity contribution in [2.75, 3.05) is 19.8 Å². The van der Waals surface area contributed by atoms with E-state index in [1.165, 1.54) is 6.92 Å². The molecule has 4 aromatic carbocycles. The number of carbonyl (C=O) groups is 1. The molecule has 3 aliphatic rings. The lowest BCUT2D eigenvalue weighted by atomic mass is 9.95. The van der Waals surface area contributed by atoms with Crippen molar-refractivity contribution in [1.29, 1.82) is 0 Å². The summed E-state index contributed by atoms with van der Waals surface area (Å²) in [5, 5.41) is 3.65. The minimum absolute atomic E-state index is 0.175. The van der Waals surface area contributed by atoms with Crippen LogP contribution < -0.4 is 0 Å². The van der Waals surface area contributed by atoms with Crippen LogP contribution in [0, 0.1) is 0 Å². The second-order valence-corrected chi connectivity index (χ2v) is 14.6. The van der Waals surface area contributed by atoms with Crippen LogP contribution in [0.15, 0.2) is 126 Å². The van der Waals surface area contributed by atoms with Gasteiger partial charge in [0, 0.05) is 30.6 Å². The van der Waals surface area contributed by atoms with Crippen LogP contribution in [-0.4, -0.2) is 87.1 Å². The molecule has 0 bridgehead atoms. The summed E-state index contributed by atoms with van der Waals surface area (Å²) >= 11 is 0. The van der Waals surface area contributed by atoms with Gasteiger partial charge in [0.1, 0.15) is 36.6 Å². The predicted molar refractivity (Wildman–Crippen MR) is 213 cm³/mol. The molecule has 4 aromatic rings. The van der Waals surface area contributed by atoms with Gasteiger partial charge in [0.05, 0.1) is 32.5 Å². The van der Waals surface area contributed by atoms with Crippen molar-refractivity contribution in [2.45, 2.75) is 108 Å². The lowest BCUT2D eigenvalue weighted by Gasteiger charge is -2.51. The van der Waals surface area contributed by atoms with E-state index in [-0.39, 0.29) is 39.6 Å². The van der Waals surface area contributed by atoms with Crippen molar-refractivity contribution in [3.05, 3.63) is 154 Å². The number of hydrogen-bond donors (Lipinski definition) is 0. The Kier molecular flexibility index (Phi) is 15.5. The minimum atomic E-state index is -1.20. The molecule has 3 fully saturated rings. The predicted octanol–water partition coefficient (Wildman–Crippen LogP) is 7.36. The summed E-state index contributed by atoms with van der Waals surface area (Å²) < 4.78 is 65.5. The highest BCUT2D eigenvalue weighted by molar-refractivity contribution is 5.66. The summed E-state index contributed by atoms with van der Waals surface area (Å²) in [5.74, 6) is -0.557. The molecular formula is C45H51N3O11. The molecule has 0 radical (unpaired) electrons. The first kappa shape index (κ1) is 42.4.